The van der Waals surface area contributed by atoms with Gasteiger partial charge in [0.05, 0.1) is 6.54 Å². The van der Waals surface area contributed by atoms with E-state index in [2.05, 4.69) is 4.84 Å². The molecule has 1 aromatic rings. The van der Waals surface area contributed by atoms with E-state index in [1.54, 1.807) is 12.1 Å². The lowest BCUT2D eigenvalue weighted by molar-refractivity contribution is -0.244. The van der Waals surface area contributed by atoms with Gasteiger partial charge < -0.3 is 9.57 Å². The fourth-order valence-corrected chi connectivity index (χ4v) is 2.55. The summed E-state index contributed by atoms with van der Waals surface area (Å²) < 4.78 is 42.2. The van der Waals surface area contributed by atoms with Crippen LogP contribution in [0, 0.1) is 0 Å². The number of halogens is 5. The number of rotatable bonds is 3. The highest BCUT2D eigenvalue weighted by Gasteiger charge is 2.43. The Hall–Kier alpha value is -1.18. The molecule has 1 heterocycles. The first kappa shape index (κ1) is 17.2. The van der Waals surface area contributed by atoms with Crippen LogP contribution in [-0.2, 0) is 9.63 Å². The van der Waals surface area contributed by atoms with Crippen LogP contribution in [0.1, 0.15) is 12.8 Å². The minimum absolute atomic E-state index is 0.0337. The second-order valence-electron chi connectivity index (χ2n) is 4.75. The first-order valence-corrected chi connectivity index (χ1v) is 7.16. The topological polar surface area (TPSA) is 38.8 Å². The third-order valence-electron chi connectivity index (χ3n) is 2.92. The minimum atomic E-state index is -5.02. The van der Waals surface area contributed by atoms with Gasteiger partial charge in [0.25, 0.3) is 0 Å². The van der Waals surface area contributed by atoms with Crippen LogP contribution in [0.15, 0.2) is 18.2 Å². The molecule has 22 heavy (non-hydrogen) atoms. The van der Waals surface area contributed by atoms with E-state index in [4.69, 9.17) is 27.9 Å². The lowest BCUT2D eigenvalue weighted by atomic mass is 10.1. The van der Waals surface area contributed by atoms with E-state index in [0.29, 0.717) is 28.6 Å². The molecular formula is C13H12Cl2F3NO3. The molecule has 1 aliphatic rings. The fraction of sp³-hybridized carbons (Fsp3) is 0.462. The summed E-state index contributed by atoms with van der Waals surface area (Å²) in [5.41, 5.74) is 0. The molecule has 1 fully saturated rings. The highest BCUT2D eigenvalue weighted by atomic mass is 35.5. The molecule has 2 rings (SSSR count). The van der Waals surface area contributed by atoms with Gasteiger partial charge in [-0.3, -0.25) is 0 Å². The Morgan fingerprint density at radius 3 is 2.45 bits per heavy atom. The molecule has 1 atom stereocenters. The van der Waals surface area contributed by atoms with Gasteiger partial charge in [-0.25, -0.2) is 4.79 Å². The second kappa shape index (κ2) is 6.93. The molecule has 1 aromatic carbocycles. The number of hydroxylamine groups is 2. The van der Waals surface area contributed by atoms with Gasteiger partial charge in [-0.05, 0) is 31.0 Å². The molecule has 0 saturated carbocycles. The maximum Gasteiger partial charge on any atom is 0.492 e. The first-order valence-electron chi connectivity index (χ1n) is 6.41. The predicted molar refractivity (Wildman–Crippen MR) is 73.8 cm³/mol. The molecule has 0 spiro atoms. The maximum atomic E-state index is 12.2. The van der Waals surface area contributed by atoms with Gasteiger partial charge in [0.2, 0.25) is 0 Å². The molecule has 122 valence electrons. The third-order valence-corrected chi connectivity index (χ3v) is 3.36. The molecule has 0 bridgehead atoms. The Bertz CT molecular complexity index is 534. The third kappa shape index (κ3) is 4.93. The number of alkyl halides is 3. The summed E-state index contributed by atoms with van der Waals surface area (Å²) in [7, 11) is 0. The van der Waals surface area contributed by atoms with Crippen molar-refractivity contribution in [2.24, 2.45) is 0 Å². The van der Waals surface area contributed by atoms with Gasteiger partial charge in [-0.2, -0.15) is 13.2 Å². The van der Waals surface area contributed by atoms with Crippen LogP contribution in [0.4, 0.5) is 13.2 Å². The van der Waals surface area contributed by atoms with E-state index in [1.165, 1.54) is 6.07 Å². The number of benzene rings is 1. The van der Waals surface area contributed by atoms with E-state index < -0.39 is 18.2 Å². The summed E-state index contributed by atoms with van der Waals surface area (Å²) in [4.78, 5) is 15.1. The van der Waals surface area contributed by atoms with Gasteiger partial charge in [-0.15, -0.1) is 5.06 Å². The normalized spacial score (nSPS) is 19.8. The molecule has 0 aliphatic carbocycles. The van der Waals surface area contributed by atoms with E-state index in [-0.39, 0.29) is 13.1 Å². The van der Waals surface area contributed by atoms with Gasteiger partial charge >= 0.3 is 12.1 Å². The van der Waals surface area contributed by atoms with Crippen molar-refractivity contribution in [3.63, 3.8) is 0 Å². The van der Waals surface area contributed by atoms with Crippen LogP contribution >= 0.6 is 23.2 Å². The number of hydrogen-bond donors (Lipinski definition) is 0. The summed E-state index contributed by atoms with van der Waals surface area (Å²) >= 11 is 11.7. The largest absolute Gasteiger partial charge is 0.492 e. The zero-order valence-corrected chi connectivity index (χ0v) is 12.7. The number of carbonyl (C=O) groups is 1. The first-order chi connectivity index (χ1) is 10.2. The van der Waals surface area contributed by atoms with Crippen molar-refractivity contribution in [2.75, 3.05) is 13.1 Å². The quantitative estimate of drug-likeness (QED) is 0.823. The summed E-state index contributed by atoms with van der Waals surface area (Å²) in [6.07, 6.45) is -4.30. The lowest BCUT2D eigenvalue weighted by Crippen LogP contribution is -2.44. The van der Waals surface area contributed by atoms with Crippen molar-refractivity contribution >= 4 is 29.2 Å². The molecule has 9 heteroatoms. The number of nitrogens with zero attached hydrogens (tertiary/aromatic N) is 1. The zero-order valence-electron chi connectivity index (χ0n) is 11.2. The average molecular weight is 358 g/mol. The Labute approximate surface area is 134 Å². The second-order valence-corrected chi connectivity index (χ2v) is 5.62. The zero-order chi connectivity index (χ0) is 16.3. The van der Waals surface area contributed by atoms with Crippen LogP contribution in [-0.4, -0.2) is 36.4 Å². The summed E-state index contributed by atoms with van der Waals surface area (Å²) in [5.74, 6) is -1.83. The van der Waals surface area contributed by atoms with Crippen molar-refractivity contribution in [3.05, 3.63) is 28.2 Å². The molecule has 0 radical (unpaired) electrons. The smallest absolute Gasteiger partial charge is 0.489 e. The van der Waals surface area contributed by atoms with E-state index in [0.717, 1.165) is 5.06 Å². The van der Waals surface area contributed by atoms with Crippen molar-refractivity contribution in [1.29, 1.82) is 0 Å². The lowest BCUT2D eigenvalue weighted by Gasteiger charge is -2.31. The molecule has 0 amide bonds. The van der Waals surface area contributed by atoms with Crippen molar-refractivity contribution in [2.45, 2.75) is 25.1 Å². The van der Waals surface area contributed by atoms with Gasteiger partial charge in [-0.1, -0.05) is 23.2 Å². The van der Waals surface area contributed by atoms with E-state index in [1.807, 2.05) is 0 Å². The summed E-state index contributed by atoms with van der Waals surface area (Å²) in [6, 6.07) is 4.64. The van der Waals surface area contributed by atoms with Crippen LogP contribution in [0.25, 0.3) is 0 Å². The van der Waals surface area contributed by atoms with Crippen LogP contribution in [0.2, 0.25) is 10.0 Å². The predicted octanol–water partition coefficient (Wildman–Crippen LogP) is 3.86. The summed E-state index contributed by atoms with van der Waals surface area (Å²) in [5, 5.41) is 1.73. The number of carbonyl (C=O) groups excluding carboxylic acids is 1. The molecule has 0 unspecified atom stereocenters. The van der Waals surface area contributed by atoms with Crippen molar-refractivity contribution < 1.29 is 27.5 Å². The van der Waals surface area contributed by atoms with Crippen molar-refractivity contribution in [1.82, 2.24) is 5.06 Å². The molecule has 0 aromatic heterocycles. The highest BCUT2D eigenvalue weighted by molar-refractivity contribution is 6.34. The van der Waals surface area contributed by atoms with E-state index >= 15 is 0 Å². The Kier molecular flexibility index (Phi) is 5.41. The number of hydrogen-bond acceptors (Lipinski definition) is 4. The maximum absolute atomic E-state index is 12.2. The Balaban J connectivity index is 1.94. The standard InChI is InChI=1S/C13H12Cl2F3NO3/c14-8-4-9(15)6-11(5-8)21-10-2-1-3-19(7-10)22-12(20)13(16,17)18/h4-6,10H,1-3,7H2/t10-/m0/s1. The Morgan fingerprint density at radius 1 is 1.23 bits per heavy atom. The van der Waals surface area contributed by atoms with Crippen LogP contribution < -0.4 is 4.74 Å². The molecule has 1 aliphatic heterocycles. The van der Waals surface area contributed by atoms with Gasteiger partial charge in [0, 0.05) is 16.6 Å². The Morgan fingerprint density at radius 2 is 1.86 bits per heavy atom. The molecule has 1 saturated heterocycles. The SMILES string of the molecule is O=C(ON1CCC[C@H](Oc2cc(Cl)cc(Cl)c2)C1)C(F)(F)F. The van der Waals surface area contributed by atoms with Crippen molar-refractivity contribution in [3.8, 4) is 5.75 Å². The molecule has 0 N–H and O–H groups in total. The summed E-state index contributed by atoms with van der Waals surface area (Å²) in [6.45, 7) is 0.254. The number of ether oxygens (including phenoxy) is 1. The highest BCUT2D eigenvalue weighted by Crippen LogP contribution is 2.27. The average Bonchev–Trinajstić information content (AvgIpc) is 2.36. The monoisotopic (exact) mass is 357 g/mol. The number of piperidine rings is 1. The molecule has 4 nitrogen and oxygen atoms in total. The van der Waals surface area contributed by atoms with Crippen LogP contribution in [0.5, 0.6) is 5.75 Å². The van der Waals surface area contributed by atoms with E-state index in [9.17, 15) is 18.0 Å². The van der Waals surface area contributed by atoms with Crippen LogP contribution in [0.3, 0.4) is 0 Å². The molecular weight excluding hydrogens is 346 g/mol. The van der Waals surface area contributed by atoms with Gasteiger partial charge in [0.1, 0.15) is 11.9 Å². The fourth-order valence-electron chi connectivity index (χ4n) is 2.04. The minimum Gasteiger partial charge on any atom is -0.489 e. The van der Waals surface area contributed by atoms with Gasteiger partial charge in [0.15, 0.2) is 0 Å².